The van der Waals surface area contributed by atoms with E-state index >= 15 is 0 Å². The summed E-state index contributed by atoms with van der Waals surface area (Å²) >= 11 is 3.45. The van der Waals surface area contributed by atoms with Crippen LogP contribution in [0.1, 0.15) is 12.5 Å². The molecule has 0 fully saturated rings. The van der Waals surface area contributed by atoms with Crippen LogP contribution < -0.4 is 10.2 Å². The number of rotatable bonds is 6. The third kappa shape index (κ3) is 3.61. The van der Waals surface area contributed by atoms with Crippen LogP contribution in [-0.4, -0.2) is 25.1 Å². The van der Waals surface area contributed by atoms with Gasteiger partial charge in [0.15, 0.2) is 0 Å². The molecule has 1 heterocycles. The summed E-state index contributed by atoms with van der Waals surface area (Å²) < 4.78 is 1.01. The van der Waals surface area contributed by atoms with Gasteiger partial charge in [0.2, 0.25) is 0 Å². The maximum absolute atomic E-state index is 4.44. The highest BCUT2D eigenvalue weighted by Crippen LogP contribution is 2.20. The van der Waals surface area contributed by atoms with Crippen molar-refractivity contribution < 1.29 is 0 Å². The molecule has 1 N–H and O–H groups in total. The highest BCUT2D eigenvalue weighted by atomic mass is 79.9. The van der Waals surface area contributed by atoms with Crippen molar-refractivity contribution >= 4 is 21.7 Å². The van der Waals surface area contributed by atoms with Gasteiger partial charge in [-0.1, -0.05) is 13.0 Å². The molecule has 0 aliphatic heterocycles. The average molecular weight is 284 g/mol. The summed E-state index contributed by atoms with van der Waals surface area (Å²) in [5, 5.41) is 3.32. The van der Waals surface area contributed by atoms with Gasteiger partial charge in [0.25, 0.3) is 0 Å². The van der Waals surface area contributed by atoms with Gasteiger partial charge in [0, 0.05) is 36.4 Å². The Kier molecular flexibility index (Phi) is 5.49. The second-order valence-corrected chi connectivity index (χ2v) is 4.50. The van der Waals surface area contributed by atoms with E-state index in [2.05, 4.69) is 50.7 Å². The summed E-state index contributed by atoms with van der Waals surface area (Å²) in [5.41, 5.74) is 1.19. The van der Waals surface area contributed by atoms with Gasteiger partial charge in [0.1, 0.15) is 5.82 Å². The fraction of sp³-hybridized carbons (Fsp3) is 0.417. The van der Waals surface area contributed by atoms with Gasteiger partial charge in [-0.05, 0) is 28.5 Å². The molecule has 0 aliphatic carbocycles. The number of aromatic nitrogens is 1. The van der Waals surface area contributed by atoms with Crippen LogP contribution in [0.5, 0.6) is 0 Å². The van der Waals surface area contributed by atoms with Crippen molar-refractivity contribution in [3.8, 4) is 0 Å². The van der Waals surface area contributed by atoms with Crippen LogP contribution in [0, 0.1) is 0 Å². The Balaban J connectivity index is 2.92. The molecule has 0 aromatic carbocycles. The standard InChI is InChI=1S/C12H18BrN3/c1-4-6-16(3)12-10(8-14-5-2)7-11(13)9-15-12/h4,7,9,14H,1,5-6,8H2,2-3H3. The normalized spacial score (nSPS) is 10.2. The third-order valence-corrected chi connectivity index (χ3v) is 2.67. The molecule has 16 heavy (non-hydrogen) atoms. The minimum atomic E-state index is 0.799. The molecule has 0 bridgehead atoms. The van der Waals surface area contributed by atoms with E-state index in [1.54, 1.807) is 0 Å². The zero-order valence-corrected chi connectivity index (χ0v) is 11.4. The highest BCUT2D eigenvalue weighted by Gasteiger charge is 2.08. The first-order valence-electron chi connectivity index (χ1n) is 5.36. The highest BCUT2D eigenvalue weighted by molar-refractivity contribution is 9.10. The summed E-state index contributed by atoms with van der Waals surface area (Å²) in [6, 6.07) is 2.10. The Morgan fingerprint density at radius 2 is 2.38 bits per heavy atom. The molecule has 88 valence electrons. The smallest absolute Gasteiger partial charge is 0.133 e. The van der Waals surface area contributed by atoms with Crippen molar-refractivity contribution in [2.24, 2.45) is 0 Å². The Morgan fingerprint density at radius 3 is 3.00 bits per heavy atom. The SMILES string of the molecule is C=CCN(C)c1ncc(Br)cc1CNCC. The predicted molar refractivity (Wildman–Crippen MR) is 72.8 cm³/mol. The van der Waals surface area contributed by atoms with Gasteiger partial charge in [-0.3, -0.25) is 0 Å². The Labute approximate surface area is 106 Å². The lowest BCUT2D eigenvalue weighted by Gasteiger charge is -2.19. The number of pyridine rings is 1. The van der Waals surface area contributed by atoms with Crippen molar-refractivity contribution in [3.63, 3.8) is 0 Å². The van der Waals surface area contributed by atoms with Gasteiger partial charge >= 0.3 is 0 Å². The quantitative estimate of drug-likeness (QED) is 0.814. The second-order valence-electron chi connectivity index (χ2n) is 3.59. The number of nitrogens with one attached hydrogen (secondary N) is 1. The zero-order valence-electron chi connectivity index (χ0n) is 9.83. The molecule has 1 rings (SSSR count). The van der Waals surface area contributed by atoms with Gasteiger partial charge in [-0.2, -0.15) is 0 Å². The number of nitrogens with zero attached hydrogens (tertiary/aromatic N) is 2. The lowest BCUT2D eigenvalue weighted by Crippen LogP contribution is -2.22. The summed E-state index contributed by atoms with van der Waals surface area (Å²) in [4.78, 5) is 6.53. The van der Waals surface area contributed by atoms with Crippen molar-refractivity contribution in [1.29, 1.82) is 0 Å². The molecule has 0 unspecified atom stereocenters. The minimum absolute atomic E-state index is 0.799. The van der Waals surface area contributed by atoms with Crippen LogP contribution in [0.25, 0.3) is 0 Å². The van der Waals surface area contributed by atoms with Crippen molar-refractivity contribution in [2.75, 3.05) is 25.0 Å². The second kappa shape index (κ2) is 6.66. The fourth-order valence-corrected chi connectivity index (χ4v) is 1.87. The summed E-state index contributed by atoms with van der Waals surface area (Å²) in [6.07, 6.45) is 3.70. The molecule has 0 aliphatic rings. The van der Waals surface area contributed by atoms with E-state index in [1.807, 2.05) is 19.3 Å². The molecule has 0 radical (unpaired) electrons. The van der Waals surface area contributed by atoms with E-state index in [1.165, 1.54) is 5.56 Å². The topological polar surface area (TPSA) is 28.2 Å². The van der Waals surface area contributed by atoms with Crippen LogP contribution in [-0.2, 0) is 6.54 Å². The number of hydrogen-bond acceptors (Lipinski definition) is 3. The molecule has 0 saturated heterocycles. The largest absolute Gasteiger partial charge is 0.356 e. The van der Waals surface area contributed by atoms with Crippen LogP contribution in [0.3, 0.4) is 0 Å². The first-order valence-corrected chi connectivity index (χ1v) is 6.15. The van der Waals surface area contributed by atoms with Crippen molar-refractivity contribution in [3.05, 3.63) is 35.0 Å². The Bertz CT molecular complexity index is 352. The maximum atomic E-state index is 4.44. The first kappa shape index (κ1) is 13.2. The lowest BCUT2D eigenvalue weighted by atomic mass is 10.2. The lowest BCUT2D eigenvalue weighted by molar-refractivity contribution is 0.721. The van der Waals surface area contributed by atoms with E-state index < -0.39 is 0 Å². The molecular formula is C12H18BrN3. The van der Waals surface area contributed by atoms with E-state index in [-0.39, 0.29) is 0 Å². The van der Waals surface area contributed by atoms with Gasteiger partial charge in [-0.25, -0.2) is 4.98 Å². The Morgan fingerprint density at radius 1 is 1.62 bits per heavy atom. The molecule has 1 aromatic heterocycles. The summed E-state index contributed by atoms with van der Waals surface area (Å²) in [6.45, 7) is 8.42. The third-order valence-electron chi connectivity index (χ3n) is 2.24. The van der Waals surface area contributed by atoms with Crippen LogP contribution in [0.2, 0.25) is 0 Å². The molecule has 4 heteroatoms. The molecule has 0 saturated carbocycles. The van der Waals surface area contributed by atoms with Gasteiger partial charge in [-0.15, -0.1) is 6.58 Å². The molecule has 0 atom stereocenters. The Hall–Kier alpha value is -0.870. The van der Waals surface area contributed by atoms with E-state index in [9.17, 15) is 0 Å². The van der Waals surface area contributed by atoms with Crippen LogP contribution in [0.4, 0.5) is 5.82 Å². The number of halogens is 1. The van der Waals surface area contributed by atoms with Crippen molar-refractivity contribution in [1.82, 2.24) is 10.3 Å². The van der Waals surface area contributed by atoms with Crippen molar-refractivity contribution in [2.45, 2.75) is 13.5 Å². The average Bonchev–Trinajstić information content (AvgIpc) is 2.26. The maximum Gasteiger partial charge on any atom is 0.133 e. The number of anilines is 1. The fourth-order valence-electron chi connectivity index (χ4n) is 1.49. The van der Waals surface area contributed by atoms with E-state index in [4.69, 9.17) is 0 Å². The van der Waals surface area contributed by atoms with E-state index in [0.717, 1.165) is 29.9 Å². The van der Waals surface area contributed by atoms with Gasteiger partial charge < -0.3 is 10.2 Å². The zero-order chi connectivity index (χ0) is 12.0. The summed E-state index contributed by atoms with van der Waals surface area (Å²) in [5.74, 6) is 1.00. The first-order chi connectivity index (χ1) is 7.69. The van der Waals surface area contributed by atoms with Crippen LogP contribution in [0.15, 0.2) is 29.4 Å². The minimum Gasteiger partial charge on any atom is -0.356 e. The molecule has 1 aromatic rings. The number of likely N-dealkylation sites (N-methyl/N-ethyl adjacent to an activating group) is 1. The predicted octanol–water partition coefficient (Wildman–Crippen LogP) is 2.58. The van der Waals surface area contributed by atoms with E-state index in [0.29, 0.717) is 0 Å². The molecule has 3 nitrogen and oxygen atoms in total. The monoisotopic (exact) mass is 283 g/mol. The molecule has 0 spiro atoms. The molecule has 0 amide bonds. The van der Waals surface area contributed by atoms with Crippen LogP contribution >= 0.6 is 15.9 Å². The molecular weight excluding hydrogens is 266 g/mol. The number of hydrogen-bond donors (Lipinski definition) is 1. The summed E-state index contributed by atoms with van der Waals surface area (Å²) in [7, 11) is 2.02. The van der Waals surface area contributed by atoms with Gasteiger partial charge in [0.05, 0.1) is 0 Å².